The lowest BCUT2D eigenvalue weighted by molar-refractivity contribution is -0.139. The molecule has 1 atom stereocenters. The molecular weight excluding hydrogens is 472 g/mol. The molecule has 2 aromatic carbocycles. The smallest absolute Gasteiger partial charge is 0.338 e. The van der Waals surface area contributed by atoms with E-state index in [-0.39, 0.29) is 5.97 Å². The molecule has 0 amide bonds. The summed E-state index contributed by atoms with van der Waals surface area (Å²) >= 11 is 7.53. The fourth-order valence-electron chi connectivity index (χ4n) is 3.69. The molecule has 1 N–H and O–H groups in total. The highest BCUT2D eigenvalue weighted by molar-refractivity contribution is 7.99. The Balaban J connectivity index is 1.68. The van der Waals surface area contributed by atoms with E-state index in [9.17, 15) is 4.79 Å². The van der Waals surface area contributed by atoms with Crippen molar-refractivity contribution in [3.8, 4) is 5.75 Å². The van der Waals surface area contributed by atoms with Gasteiger partial charge >= 0.3 is 5.97 Å². The summed E-state index contributed by atoms with van der Waals surface area (Å²) in [5.41, 5.74) is 3.08. The zero-order chi connectivity index (χ0) is 24.1. The molecule has 0 fully saturated rings. The number of thioether (sulfide) groups is 1. The van der Waals surface area contributed by atoms with Crippen LogP contribution < -0.4 is 10.1 Å². The number of halogens is 1. The van der Waals surface area contributed by atoms with Crippen LogP contribution >= 0.6 is 23.4 Å². The first-order valence-corrected chi connectivity index (χ1v) is 12.6. The van der Waals surface area contributed by atoms with E-state index in [1.807, 2.05) is 69.3 Å². The van der Waals surface area contributed by atoms with Crippen LogP contribution in [0.15, 0.2) is 65.0 Å². The van der Waals surface area contributed by atoms with E-state index in [0.29, 0.717) is 46.4 Å². The lowest BCUT2D eigenvalue weighted by atomic mass is 9.95. The Hall–Kier alpha value is -2.97. The number of hydrogen-bond donors (Lipinski definition) is 1. The van der Waals surface area contributed by atoms with Gasteiger partial charge in [-0.05, 0) is 54.5 Å². The minimum Gasteiger partial charge on any atom is -0.489 e. The third-order valence-corrected chi connectivity index (χ3v) is 6.23. The predicted molar refractivity (Wildman–Crippen MR) is 134 cm³/mol. The topological polar surface area (TPSA) is 78.3 Å². The van der Waals surface area contributed by atoms with E-state index in [4.69, 9.17) is 21.1 Å². The Kier molecular flexibility index (Phi) is 7.80. The number of ether oxygens (including phenoxy) is 2. The molecule has 178 valence electrons. The molecule has 0 spiro atoms. The van der Waals surface area contributed by atoms with Crippen LogP contribution in [0, 0.1) is 0 Å². The van der Waals surface area contributed by atoms with Crippen LogP contribution in [0.5, 0.6) is 5.75 Å². The molecule has 3 aromatic rings. The number of allylic oxidation sites excluding steroid dienone is 1. The molecule has 0 saturated carbocycles. The van der Waals surface area contributed by atoms with E-state index in [0.717, 1.165) is 23.3 Å². The average molecular weight is 499 g/mol. The quantitative estimate of drug-likeness (QED) is 0.292. The third-order valence-electron chi connectivity index (χ3n) is 5.26. The van der Waals surface area contributed by atoms with Gasteiger partial charge in [-0.15, -0.1) is 5.10 Å². The van der Waals surface area contributed by atoms with Crippen LogP contribution in [-0.4, -0.2) is 33.1 Å². The van der Waals surface area contributed by atoms with Crippen LogP contribution in [0.2, 0.25) is 5.02 Å². The maximum absolute atomic E-state index is 13.1. The van der Waals surface area contributed by atoms with Crippen LogP contribution in [0.4, 0.5) is 5.95 Å². The first-order chi connectivity index (χ1) is 16.5. The predicted octanol–water partition coefficient (Wildman–Crippen LogP) is 5.86. The fourth-order valence-corrected chi connectivity index (χ4v) is 4.37. The highest BCUT2D eigenvalue weighted by Crippen LogP contribution is 2.37. The Morgan fingerprint density at radius 1 is 1.21 bits per heavy atom. The molecule has 0 aliphatic carbocycles. The normalized spacial score (nSPS) is 15.0. The van der Waals surface area contributed by atoms with Crippen molar-refractivity contribution in [1.29, 1.82) is 0 Å². The first kappa shape index (κ1) is 24.2. The summed E-state index contributed by atoms with van der Waals surface area (Å²) in [6.45, 7) is 6.64. The second-order valence-corrected chi connectivity index (χ2v) is 9.45. The van der Waals surface area contributed by atoms with E-state index < -0.39 is 6.04 Å². The Morgan fingerprint density at radius 2 is 2.00 bits per heavy atom. The SMILES string of the molecule is CCCOC(=O)C1=C(C)Nc2nc(SCC)nn2C1c1cccc(OCc2ccc(Cl)cc2)c1. The number of nitrogens with zero attached hydrogens (tertiary/aromatic N) is 3. The number of aromatic nitrogens is 3. The van der Waals surface area contributed by atoms with Gasteiger partial charge in [-0.25, -0.2) is 9.48 Å². The standard InChI is InChI=1S/C25H27ClN4O3S/c1-4-13-32-23(31)21-16(3)27-24-28-25(34-5-2)29-30(24)22(21)18-7-6-8-20(14-18)33-15-17-9-11-19(26)12-10-17/h6-12,14,22H,4-5,13,15H2,1-3H3,(H,27,28,29). The summed E-state index contributed by atoms with van der Waals surface area (Å²) in [6.07, 6.45) is 0.746. The van der Waals surface area contributed by atoms with Gasteiger partial charge in [0, 0.05) is 10.7 Å². The van der Waals surface area contributed by atoms with E-state index in [1.54, 1.807) is 16.4 Å². The summed E-state index contributed by atoms with van der Waals surface area (Å²) in [5, 5.41) is 9.25. The van der Waals surface area contributed by atoms with Gasteiger partial charge in [0.25, 0.3) is 0 Å². The molecule has 0 radical (unpaired) electrons. The van der Waals surface area contributed by atoms with E-state index in [1.165, 1.54) is 0 Å². The molecular formula is C25H27ClN4O3S. The van der Waals surface area contributed by atoms with Gasteiger partial charge in [-0.3, -0.25) is 0 Å². The zero-order valence-corrected chi connectivity index (χ0v) is 20.9. The number of carbonyl (C=O) groups excluding carboxylic acids is 1. The van der Waals surface area contributed by atoms with Crippen LogP contribution in [0.3, 0.4) is 0 Å². The molecule has 7 nitrogen and oxygen atoms in total. The number of nitrogens with one attached hydrogen (secondary N) is 1. The number of rotatable bonds is 9. The molecule has 1 aliphatic rings. The third kappa shape index (κ3) is 5.39. The Morgan fingerprint density at radius 3 is 2.74 bits per heavy atom. The molecule has 9 heteroatoms. The summed E-state index contributed by atoms with van der Waals surface area (Å²) in [7, 11) is 0. The van der Waals surface area contributed by atoms with E-state index in [2.05, 4.69) is 15.4 Å². The summed E-state index contributed by atoms with van der Waals surface area (Å²) in [5.74, 6) is 1.77. The lowest BCUT2D eigenvalue weighted by Crippen LogP contribution is -2.29. The second-order valence-electron chi connectivity index (χ2n) is 7.79. The van der Waals surface area contributed by atoms with Gasteiger partial charge in [-0.2, -0.15) is 4.98 Å². The van der Waals surface area contributed by atoms with Crippen LogP contribution in [-0.2, 0) is 16.1 Å². The number of anilines is 1. The monoisotopic (exact) mass is 498 g/mol. The van der Waals surface area contributed by atoms with Gasteiger partial charge in [0.1, 0.15) is 18.4 Å². The maximum Gasteiger partial charge on any atom is 0.338 e. The molecule has 0 saturated heterocycles. The maximum atomic E-state index is 13.1. The summed E-state index contributed by atoms with van der Waals surface area (Å²) in [6, 6.07) is 14.8. The van der Waals surface area contributed by atoms with E-state index >= 15 is 0 Å². The average Bonchev–Trinajstić information content (AvgIpc) is 3.23. The van der Waals surface area contributed by atoms with Crippen molar-refractivity contribution in [2.75, 3.05) is 17.7 Å². The van der Waals surface area contributed by atoms with Crippen molar-refractivity contribution in [2.24, 2.45) is 0 Å². The van der Waals surface area contributed by atoms with Crippen molar-refractivity contribution in [3.63, 3.8) is 0 Å². The van der Waals surface area contributed by atoms with Crippen molar-refractivity contribution in [1.82, 2.24) is 14.8 Å². The van der Waals surface area contributed by atoms with Gasteiger partial charge in [0.05, 0.1) is 12.2 Å². The molecule has 2 heterocycles. The molecule has 0 bridgehead atoms. The van der Waals surface area contributed by atoms with Gasteiger partial charge in [-0.1, -0.05) is 61.5 Å². The number of hydrogen-bond acceptors (Lipinski definition) is 7. The van der Waals surface area contributed by atoms with Gasteiger partial charge in [0.2, 0.25) is 11.1 Å². The fraction of sp³-hybridized carbons (Fsp3) is 0.320. The van der Waals surface area contributed by atoms with Crippen molar-refractivity contribution >= 4 is 35.3 Å². The number of benzene rings is 2. The molecule has 34 heavy (non-hydrogen) atoms. The second kappa shape index (κ2) is 11.0. The van der Waals surface area contributed by atoms with Crippen molar-refractivity contribution in [3.05, 3.63) is 76.0 Å². The molecule has 4 rings (SSSR count). The molecule has 1 aromatic heterocycles. The zero-order valence-electron chi connectivity index (χ0n) is 19.4. The Labute approximate surface area is 208 Å². The summed E-state index contributed by atoms with van der Waals surface area (Å²) in [4.78, 5) is 17.7. The first-order valence-electron chi connectivity index (χ1n) is 11.2. The van der Waals surface area contributed by atoms with Crippen molar-refractivity contribution < 1.29 is 14.3 Å². The highest BCUT2D eigenvalue weighted by atomic mass is 35.5. The van der Waals surface area contributed by atoms with Gasteiger partial charge in [0.15, 0.2) is 0 Å². The van der Waals surface area contributed by atoms with Crippen LogP contribution in [0.25, 0.3) is 0 Å². The van der Waals surface area contributed by atoms with Crippen molar-refractivity contribution in [2.45, 2.75) is 45.0 Å². The Bertz CT molecular complexity index is 1190. The molecule has 1 unspecified atom stereocenters. The van der Waals surface area contributed by atoms with Crippen LogP contribution in [0.1, 0.15) is 44.4 Å². The lowest BCUT2D eigenvalue weighted by Gasteiger charge is -2.28. The highest BCUT2D eigenvalue weighted by Gasteiger charge is 2.35. The minimum absolute atomic E-state index is 0.355. The molecule has 1 aliphatic heterocycles. The number of esters is 1. The number of carbonyl (C=O) groups is 1. The summed E-state index contributed by atoms with van der Waals surface area (Å²) < 4.78 is 13.3. The largest absolute Gasteiger partial charge is 0.489 e. The van der Waals surface area contributed by atoms with Gasteiger partial charge < -0.3 is 14.8 Å². The minimum atomic E-state index is -0.488. The number of fused-ring (bicyclic) bond motifs is 1.